The van der Waals surface area contributed by atoms with E-state index in [0.29, 0.717) is 6.04 Å². The van der Waals surface area contributed by atoms with Gasteiger partial charge in [0.1, 0.15) is 0 Å². The largest absolute Gasteiger partial charge is 0.374 e. The average Bonchev–Trinajstić information content (AvgIpc) is 2.71. The van der Waals surface area contributed by atoms with Crippen LogP contribution in [0, 0.1) is 0 Å². The smallest absolute Gasteiger partial charge is 0.0397 e. The van der Waals surface area contributed by atoms with Crippen molar-refractivity contribution in [2.24, 2.45) is 0 Å². The maximum absolute atomic E-state index is 3.45. The minimum atomic E-state index is 0.450. The number of anilines is 1. The van der Waals surface area contributed by atoms with Gasteiger partial charge in [-0.3, -0.25) is 0 Å². The molecule has 0 fully saturated rings. The fourth-order valence-electron chi connectivity index (χ4n) is 2.53. The van der Waals surface area contributed by atoms with Crippen LogP contribution in [0.25, 0.3) is 6.08 Å². The van der Waals surface area contributed by atoms with Gasteiger partial charge in [0.15, 0.2) is 0 Å². The van der Waals surface area contributed by atoms with E-state index < -0.39 is 0 Å². The molecule has 2 heteroatoms. The summed E-state index contributed by atoms with van der Waals surface area (Å²) in [5, 5.41) is 3.45. The molecular weight excluding hydrogens is 220 g/mol. The summed E-state index contributed by atoms with van der Waals surface area (Å²) in [5.41, 5.74) is 5.59. The second-order valence-electron chi connectivity index (χ2n) is 5.23. The van der Waals surface area contributed by atoms with Crippen molar-refractivity contribution in [2.75, 3.05) is 25.0 Å². The van der Waals surface area contributed by atoms with Crippen LogP contribution in [0.1, 0.15) is 31.9 Å². The van der Waals surface area contributed by atoms with Gasteiger partial charge in [-0.2, -0.15) is 0 Å². The standard InChI is InChI=1S/C16H24N2/c1-5-17-13(3)12(2)10-14-6-7-16-15(11-14)8-9-18(16)4/h6-7,10-11,13,17H,5,8-9H2,1-4H3/b12-10+. The molecule has 2 nitrogen and oxygen atoms in total. The van der Waals surface area contributed by atoms with Crippen LogP contribution in [0.2, 0.25) is 0 Å². The van der Waals surface area contributed by atoms with E-state index in [1.54, 1.807) is 0 Å². The van der Waals surface area contributed by atoms with Gasteiger partial charge in [-0.15, -0.1) is 0 Å². The quantitative estimate of drug-likeness (QED) is 0.875. The molecule has 0 saturated carbocycles. The molecule has 1 N–H and O–H groups in total. The first kappa shape index (κ1) is 13.2. The van der Waals surface area contributed by atoms with E-state index in [4.69, 9.17) is 0 Å². The summed E-state index contributed by atoms with van der Waals surface area (Å²) in [6, 6.07) is 7.26. The van der Waals surface area contributed by atoms with Gasteiger partial charge in [0, 0.05) is 25.3 Å². The molecule has 0 spiro atoms. The van der Waals surface area contributed by atoms with Crippen molar-refractivity contribution in [3.05, 3.63) is 34.9 Å². The van der Waals surface area contributed by atoms with Crippen LogP contribution in [-0.4, -0.2) is 26.2 Å². The predicted octanol–water partition coefficient (Wildman–Crippen LogP) is 3.08. The van der Waals surface area contributed by atoms with Crippen LogP contribution < -0.4 is 10.2 Å². The van der Waals surface area contributed by atoms with Crippen LogP contribution in [0.4, 0.5) is 5.69 Å². The Morgan fingerprint density at radius 1 is 1.50 bits per heavy atom. The molecule has 1 atom stereocenters. The van der Waals surface area contributed by atoms with Gasteiger partial charge in [-0.05, 0) is 50.1 Å². The zero-order chi connectivity index (χ0) is 13.1. The third-order valence-electron chi connectivity index (χ3n) is 3.82. The number of nitrogens with zero attached hydrogens (tertiary/aromatic N) is 1. The summed E-state index contributed by atoms with van der Waals surface area (Å²) < 4.78 is 0. The molecule has 1 unspecified atom stereocenters. The summed E-state index contributed by atoms with van der Waals surface area (Å²) in [7, 11) is 2.17. The fourth-order valence-corrected chi connectivity index (χ4v) is 2.53. The van der Waals surface area contributed by atoms with E-state index in [1.165, 1.54) is 28.8 Å². The maximum Gasteiger partial charge on any atom is 0.0397 e. The summed E-state index contributed by atoms with van der Waals surface area (Å²) >= 11 is 0. The van der Waals surface area contributed by atoms with Crippen molar-refractivity contribution in [3.63, 3.8) is 0 Å². The Hall–Kier alpha value is -1.28. The van der Waals surface area contributed by atoms with Crippen molar-refractivity contribution in [3.8, 4) is 0 Å². The topological polar surface area (TPSA) is 15.3 Å². The molecule has 1 heterocycles. The number of hydrogen-bond donors (Lipinski definition) is 1. The highest BCUT2D eigenvalue weighted by molar-refractivity contribution is 5.64. The lowest BCUT2D eigenvalue weighted by Crippen LogP contribution is -2.26. The van der Waals surface area contributed by atoms with Crippen molar-refractivity contribution in [1.29, 1.82) is 0 Å². The monoisotopic (exact) mass is 244 g/mol. The van der Waals surface area contributed by atoms with Gasteiger partial charge in [-0.1, -0.05) is 24.6 Å². The highest BCUT2D eigenvalue weighted by atomic mass is 15.1. The molecule has 0 aliphatic carbocycles. The van der Waals surface area contributed by atoms with Gasteiger partial charge in [-0.25, -0.2) is 0 Å². The first-order valence-electron chi connectivity index (χ1n) is 6.87. The third kappa shape index (κ3) is 2.75. The zero-order valence-corrected chi connectivity index (χ0v) is 12.0. The van der Waals surface area contributed by atoms with Crippen LogP contribution in [0.15, 0.2) is 23.8 Å². The number of benzene rings is 1. The molecule has 1 aromatic rings. The van der Waals surface area contributed by atoms with E-state index in [0.717, 1.165) is 13.1 Å². The zero-order valence-electron chi connectivity index (χ0n) is 12.0. The Balaban J connectivity index is 2.18. The number of rotatable bonds is 4. The number of likely N-dealkylation sites (N-methyl/N-ethyl adjacent to an activating group) is 2. The second kappa shape index (κ2) is 5.57. The van der Waals surface area contributed by atoms with E-state index in [-0.39, 0.29) is 0 Å². The van der Waals surface area contributed by atoms with Crippen LogP contribution >= 0.6 is 0 Å². The Morgan fingerprint density at radius 2 is 2.28 bits per heavy atom. The normalized spacial score (nSPS) is 16.9. The SMILES string of the molecule is CCNC(C)/C(C)=C/c1ccc2c(c1)CCN2C. The Bertz CT molecular complexity index is 448. The van der Waals surface area contributed by atoms with Crippen molar-refractivity contribution in [1.82, 2.24) is 5.32 Å². The minimum Gasteiger partial charge on any atom is -0.374 e. The van der Waals surface area contributed by atoms with Crippen molar-refractivity contribution < 1.29 is 0 Å². The van der Waals surface area contributed by atoms with Crippen LogP contribution in [0.5, 0.6) is 0 Å². The number of nitrogens with one attached hydrogen (secondary N) is 1. The van der Waals surface area contributed by atoms with E-state index in [2.05, 4.69) is 62.3 Å². The van der Waals surface area contributed by atoms with Gasteiger partial charge >= 0.3 is 0 Å². The summed E-state index contributed by atoms with van der Waals surface area (Å²) in [5.74, 6) is 0. The van der Waals surface area contributed by atoms with Crippen molar-refractivity contribution >= 4 is 11.8 Å². The third-order valence-corrected chi connectivity index (χ3v) is 3.82. The van der Waals surface area contributed by atoms with Crippen LogP contribution in [0.3, 0.4) is 0 Å². The first-order valence-corrected chi connectivity index (χ1v) is 6.87. The van der Waals surface area contributed by atoms with Gasteiger partial charge in [0.2, 0.25) is 0 Å². The lowest BCUT2D eigenvalue weighted by Gasteiger charge is -2.14. The molecule has 0 saturated heterocycles. The lowest BCUT2D eigenvalue weighted by atomic mass is 10.0. The van der Waals surface area contributed by atoms with Crippen LogP contribution in [-0.2, 0) is 6.42 Å². The highest BCUT2D eigenvalue weighted by Gasteiger charge is 2.15. The maximum atomic E-state index is 3.45. The molecule has 1 aliphatic heterocycles. The van der Waals surface area contributed by atoms with Crippen molar-refractivity contribution in [2.45, 2.75) is 33.2 Å². The molecule has 2 rings (SSSR count). The van der Waals surface area contributed by atoms with E-state index in [9.17, 15) is 0 Å². The van der Waals surface area contributed by atoms with Gasteiger partial charge < -0.3 is 10.2 Å². The highest BCUT2D eigenvalue weighted by Crippen LogP contribution is 2.28. The fraction of sp³-hybridized carbons (Fsp3) is 0.500. The number of hydrogen-bond acceptors (Lipinski definition) is 2. The van der Waals surface area contributed by atoms with Gasteiger partial charge in [0.05, 0.1) is 0 Å². The van der Waals surface area contributed by atoms with E-state index >= 15 is 0 Å². The average molecular weight is 244 g/mol. The summed E-state index contributed by atoms with van der Waals surface area (Å²) in [4.78, 5) is 2.33. The molecule has 0 bridgehead atoms. The van der Waals surface area contributed by atoms with E-state index in [1.807, 2.05) is 0 Å². The number of fused-ring (bicyclic) bond motifs is 1. The molecule has 18 heavy (non-hydrogen) atoms. The summed E-state index contributed by atoms with van der Waals surface area (Å²) in [6.45, 7) is 8.73. The second-order valence-corrected chi connectivity index (χ2v) is 5.23. The molecule has 0 amide bonds. The molecule has 98 valence electrons. The molecule has 1 aliphatic rings. The minimum absolute atomic E-state index is 0.450. The first-order chi connectivity index (χ1) is 8.61. The van der Waals surface area contributed by atoms with Gasteiger partial charge in [0.25, 0.3) is 0 Å². The lowest BCUT2D eigenvalue weighted by molar-refractivity contribution is 0.636. The molecule has 0 aromatic heterocycles. The molecule has 1 aromatic carbocycles. The Morgan fingerprint density at radius 3 is 3.00 bits per heavy atom. The molecule has 0 radical (unpaired) electrons. The molecular formula is C16H24N2. The Kier molecular flexibility index (Phi) is 4.07. The summed E-state index contributed by atoms with van der Waals surface area (Å²) in [6.07, 6.45) is 3.47. The predicted molar refractivity (Wildman–Crippen MR) is 80.2 cm³/mol. The Labute approximate surface area is 111 Å².